The highest BCUT2D eigenvalue weighted by atomic mass is 16.5. The molecule has 0 aromatic carbocycles. The van der Waals surface area contributed by atoms with E-state index in [0.717, 1.165) is 5.69 Å². The molecule has 5 nitrogen and oxygen atoms in total. The van der Waals surface area contributed by atoms with Gasteiger partial charge in [-0.15, -0.1) is 0 Å². The van der Waals surface area contributed by atoms with Crippen molar-refractivity contribution in [3.63, 3.8) is 0 Å². The Morgan fingerprint density at radius 3 is 2.93 bits per heavy atom. The number of anilines is 1. The van der Waals surface area contributed by atoms with Gasteiger partial charge in [0, 0.05) is 7.05 Å². The number of ether oxygens (including phenoxy) is 1. The van der Waals surface area contributed by atoms with Crippen LogP contribution >= 0.6 is 0 Å². The van der Waals surface area contributed by atoms with Crippen molar-refractivity contribution < 1.29 is 9.53 Å². The molecule has 15 heavy (non-hydrogen) atoms. The van der Waals surface area contributed by atoms with E-state index in [1.807, 2.05) is 13.8 Å². The normalized spacial score (nSPS) is 16.3. The molecule has 82 valence electrons. The monoisotopic (exact) mass is 209 g/mol. The van der Waals surface area contributed by atoms with Crippen molar-refractivity contribution in [1.82, 2.24) is 9.78 Å². The molecule has 0 N–H and O–H groups in total. The first kappa shape index (κ1) is 10.0. The van der Waals surface area contributed by atoms with Gasteiger partial charge in [-0.3, -0.25) is 4.79 Å². The third-order valence-electron chi connectivity index (χ3n) is 2.51. The number of fused-ring (bicyclic) bond motifs is 1. The van der Waals surface area contributed by atoms with E-state index in [1.54, 1.807) is 22.8 Å². The third-order valence-corrected chi connectivity index (χ3v) is 2.51. The lowest BCUT2D eigenvalue weighted by Crippen LogP contribution is -2.24. The van der Waals surface area contributed by atoms with Crippen LogP contribution in [0.3, 0.4) is 0 Å². The largest absolute Gasteiger partial charge is 0.476 e. The summed E-state index contributed by atoms with van der Waals surface area (Å²) < 4.78 is 7.36. The Hall–Kier alpha value is -1.52. The lowest BCUT2D eigenvalue weighted by Gasteiger charge is -2.13. The Balaban J connectivity index is 2.45. The van der Waals surface area contributed by atoms with Gasteiger partial charge in [-0.2, -0.15) is 5.10 Å². The van der Waals surface area contributed by atoms with Crippen LogP contribution in [0.1, 0.15) is 26.3 Å². The predicted octanol–water partition coefficient (Wildman–Crippen LogP) is 1.21. The van der Waals surface area contributed by atoms with Crippen LogP contribution in [0.2, 0.25) is 0 Å². The first-order chi connectivity index (χ1) is 7.11. The summed E-state index contributed by atoms with van der Waals surface area (Å²) in [6.07, 6.45) is 2.10. The fraction of sp³-hybridized carbons (Fsp3) is 0.600. The Labute approximate surface area is 88.6 Å². The topological polar surface area (TPSA) is 47.4 Å². The van der Waals surface area contributed by atoms with E-state index in [9.17, 15) is 4.79 Å². The quantitative estimate of drug-likeness (QED) is 0.698. The van der Waals surface area contributed by atoms with Gasteiger partial charge < -0.3 is 9.64 Å². The van der Waals surface area contributed by atoms with Crippen LogP contribution in [0.5, 0.6) is 5.88 Å². The Bertz CT molecular complexity index is 384. The number of aromatic nitrogens is 2. The highest BCUT2D eigenvalue weighted by Gasteiger charge is 2.24. The van der Waals surface area contributed by atoms with Crippen molar-refractivity contribution in [2.75, 3.05) is 18.6 Å². The Morgan fingerprint density at radius 2 is 2.27 bits per heavy atom. The molecule has 2 heterocycles. The molecule has 0 radical (unpaired) electrons. The number of carbonyl (C=O) groups excluding carboxylic acids is 1. The summed E-state index contributed by atoms with van der Waals surface area (Å²) in [5, 5.41) is 4.22. The van der Waals surface area contributed by atoms with Crippen LogP contribution in [0, 0.1) is 0 Å². The van der Waals surface area contributed by atoms with E-state index in [1.165, 1.54) is 0 Å². The molecular formula is C10H15N3O2. The van der Waals surface area contributed by atoms with Gasteiger partial charge in [0.05, 0.1) is 25.3 Å². The molecule has 0 atom stereocenters. The first-order valence-electron chi connectivity index (χ1n) is 5.08. The van der Waals surface area contributed by atoms with E-state index in [4.69, 9.17) is 4.74 Å². The van der Waals surface area contributed by atoms with Crippen molar-refractivity contribution in [2.24, 2.45) is 0 Å². The number of hydrogen-bond acceptors (Lipinski definition) is 3. The summed E-state index contributed by atoms with van der Waals surface area (Å²) >= 11 is 0. The number of nitrogens with zero attached hydrogens (tertiary/aromatic N) is 3. The summed E-state index contributed by atoms with van der Waals surface area (Å²) in [6, 6.07) is 0.232. The van der Waals surface area contributed by atoms with Crippen LogP contribution in [-0.2, 0) is 4.79 Å². The fourth-order valence-electron chi connectivity index (χ4n) is 1.62. The molecule has 1 amide bonds. The van der Waals surface area contributed by atoms with Gasteiger partial charge in [0.15, 0.2) is 0 Å². The van der Waals surface area contributed by atoms with Gasteiger partial charge in [-0.25, -0.2) is 4.68 Å². The number of rotatable bonds is 1. The smallest absolute Gasteiger partial charge is 0.236 e. The van der Waals surface area contributed by atoms with Crippen molar-refractivity contribution in [2.45, 2.75) is 26.3 Å². The summed E-state index contributed by atoms with van der Waals surface area (Å²) in [6.45, 7) is 4.49. The third kappa shape index (κ3) is 1.58. The molecule has 0 bridgehead atoms. The maximum absolute atomic E-state index is 11.6. The molecule has 1 aromatic heterocycles. The average Bonchev–Trinajstić information content (AvgIpc) is 2.55. The molecule has 1 aliphatic rings. The zero-order valence-corrected chi connectivity index (χ0v) is 9.23. The molecule has 1 aliphatic heterocycles. The molecule has 2 rings (SSSR count). The van der Waals surface area contributed by atoms with Gasteiger partial charge >= 0.3 is 0 Å². The van der Waals surface area contributed by atoms with Gasteiger partial charge in [-0.1, -0.05) is 0 Å². The second kappa shape index (κ2) is 3.56. The van der Waals surface area contributed by atoms with Gasteiger partial charge in [-0.05, 0) is 13.8 Å². The summed E-state index contributed by atoms with van der Waals surface area (Å²) in [5.74, 6) is 0.760. The standard InChI is InChI=1S/C10H15N3O2/c1-7(2)13-10-8(6-11-13)12(3)9(14)4-5-15-10/h6-7H,4-5H2,1-3H3. The van der Waals surface area contributed by atoms with E-state index in [2.05, 4.69) is 5.10 Å². The van der Waals surface area contributed by atoms with Gasteiger partial charge in [0.2, 0.25) is 11.8 Å². The summed E-state index contributed by atoms with van der Waals surface area (Å²) in [5.41, 5.74) is 0.756. The average molecular weight is 209 g/mol. The minimum atomic E-state index is 0.0667. The minimum absolute atomic E-state index is 0.0667. The van der Waals surface area contributed by atoms with Gasteiger partial charge in [0.25, 0.3) is 0 Å². The molecule has 0 fully saturated rings. The Kier molecular flexibility index (Phi) is 2.38. The first-order valence-corrected chi connectivity index (χ1v) is 5.08. The molecule has 0 saturated heterocycles. The second-order valence-electron chi connectivity index (χ2n) is 3.92. The number of carbonyl (C=O) groups is 1. The van der Waals surface area contributed by atoms with Crippen LogP contribution < -0.4 is 9.64 Å². The van der Waals surface area contributed by atoms with Crippen molar-refractivity contribution in [3.8, 4) is 5.88 Å². The molecule has 0 spiro atoms. The fourth-order valence-corrected chi connectivity index (χ4v) is 1.62. The SMILES string of the molecule is CC(C)n1ncc2c1OCCC(=O)N2C. The maximum atomic E-state index is 11.6. The van der Waals surface area contributed by atoms with E-state index < -0.39 is 0 Å². The van der Waals surface area contributed by atoms with Crippen LogP contribution in [0.15, 0.2) is 6.20 Å². The van der Waals surface area contributed by atoms with Crippen LogP contribution in [0.4, 0.5) is 5.69 Å². The summed E-state index contributed by atoms with van der Waals surface area (Å²) in [4.78, 5) is 13.2. The lowest BCUT2D eigenvalue weighted by molar-refractivity contribution is -0.118. The van der Waals surface area contributed by atoms with Crippen LogP contribution in [0.25, 0.3) is 0 Å². The molecular weight excluding hydrogens is 194 g/mol. The zero-order valence-electron chi connectivity index (χ0n) is 9.23. The molecule has 1 aromatic rings. The minimum Gasteiger partial charge on any atom is -0.476 e. The van der Waals surface area contributed by atoms with Gasteiger partial charge in [0.1, 0.15) is 5.69 Å². The van der Waals surface area contributed by atoms with E-state index in [-0.39, 0.29) is 11.9 Å². The van der Waals surface area contributed by atoms with Crippen molar-refractivity contribution in [1.29, 1.82) is 0 Å². The van der Waals surface area contributed by atoms with E-state index >= 15 is 0 Å². The number of amides is 1. The second-order valence-corrected chi connectivity index (χ2v) is 3.92. The molecule has 0 aliphatic carbocycles. The molecule has 0 saturated carbocycles. The zero-order chi connectivity index (χ0) is 11.0. The van der Waals surface area contributed by atoms with Crippen molar-refractivity contribution in [3.05, 3.63) is 6.20 Å². The van der Waals surface area contributed by atoms with Crippen LogP contribution in [-0.4, -0.2) is 29.3 Å². The number of hydrogen-bond donors (Lipinski definition) is 0. The highest BCUT2D eigenvalue weighted by Crippen LogP contribution is 2.32. The Morgan fingerprint density at radius 1 is 1.53 bits per heavy atom. The van der Waals surface area contributed by atoms with E-state index in [0.29, 0.717) is 18.9 Å². The summed E-state index contributed by atoms with van der Waals surface area (Å²) in [7, 11) is 1.75. The molecule has 5 heteroatoms. The maximum Gasteiger partial charge on any atom is 0.236 e. The predicted molar refractivity (Wildman–Crippen MR) is 56.1 cm³/mol. The van der Waals surface area contributed by atoms with Crippen molar-refractivity contribution >= 4 is 11.6 Å². The highest BCUT2D eigenvalue weighted by molar-refractivity contribution is 5.94. The molecule has 0 unspecified atom stereocenters. The lowest BCUT2D eigenvalue weighted by atomic mass is 10.4.